The highest BCUT2D eigenvalue weighted by atomic mass is 35.5. The van der Waals surface area contributed by atoms with Crippen molar-refractivity contribution in [2.24, 2.45) is 23.0 Å². The number of halogens is 1. The summed E-state index contributed by atoms with van der Waals surface area (Å²) in [6.45, 7) is 8.23. The molecule has 1 saturated heterocycles. The summed E-state index contributed by atoms with van der Waals surface area (Å²) in [4.78, 5) is 0. The van der Waals surface area contributed by atoms with Crippen LogP contribution in [0.3, 0.4) is 0 Å². The highest BCUT2D eigenvalue weighted by molar-refractivity contribution is 6.47. The second-order valence-corrected chi connectivity index (χ2v) is 8.83. The van der Waals surface area contributed by atoms with E-state index in [2.05, 4.69) is 32.9 Å². The molecule has 4 fully saturated rings. The molecule has 5 rings (SSSR count). The molecule has 1 aromatic carbocycles. The molecule has 5 atom stereocenters. The van der Waals surface area contributed by atoms with Crippen molar-refractivity contribution in [1.82, 2.24) is 0 Å². The Balaban J connectivity index is 0.00000196. The predicted octanol–water partition coefficient (Wildman–Crippen LogP) is 3.61. The van der Waals surface area contributed by atoms with Crippen LogP contribution in [0.4, 0.5) is 0 Å². The summed E-state index contributed by atoms with van der Waals surface area (Å²) in [7, 11) is -0.300. The third kappa shape index (κ3) is 3.33. The van der Waals surface area contributed by atoms with Crippen molar-refractivity contribution >= 4 is 19.5 Å². The molecule has 2 N–H and O–H groups in total. The van der Waals surface area contributed by atoms with Gasteiger partial charge in [-0.05, 0) is 49.0 Å². The molecule has 1 aromatic rings. The Kier molecular flexibility index (Phi) is 5.77. The van der Waals surface area contributed by atoms with E-state index in [1.807, 2.05) is 18.2 Å². The first-order valence-corrected chi connectivity index (χ1v) is 9.62. The van der Waals surface area contributed by atoms with Gasteiger partial charge in [-0.25, -0.2) is 0 Å². The minimum absolute atomic E-state index is 0. The van der Waals surface area contributed by atoms with E-state index < -0.39 is 0 Å². The maximum absolute atomic E-state index is 6.41. The van der Waals surface area contributed by atoms with Crippen LogP contribution in [0.2, 0.25) is 0 Å². The van der Waals surface area contributed by atoms with Gasteiger partial charge in [-0.1, -0.05) is 44.2 Å². The lowest BCUT2D eigenvalue weighted by atomic mass is 9.43. The van der Waals surface area contributed by atoms with Crippen molar-refractivity contribution in [3.63, 3.8) is 0 Å². The molecule has 0 radical (unpaired) electrons. The maximum atomic E-state index is 6.41. The largest absolute Gasteiger partial charge is 0.475 e. The Morgan fingerprint density at radius 2 is 1.96 bits per heavy atom. The summed E-state index contributed by atoms with van der Waals surface area (Å²) in [5.74, 6) is 1.21. The first-order valence-electron chi connectivity index (χ1n) is 9.62. The van der Waals surface area contributed by atoms with E-state index in [-0.39, 0.29) is 37.2 Å². The first-order chi connectivity index (χ1) is 11.9. The number of ether oxygens (including phenoxy) is 1. The lowest BCUT2D eigenvalue weighted by molar-refractivity contribution is -0.199. The van der Waals surface area contributed by atoms with Crippen LogP contribution >= 0.6 is 12.4 Å². The molecule has 1 heterocycles. The summed E-state index contributed by atoms with van der Waals surface area (Å²) in [6.07, 6.45) is 3.32. The predicted molar refractivity (Wildman–Crippen MR) is 106 cm³/mol. The van der Waals surface area contributed by atoms with Crippen LogP contribution in [-0.4, -0.2) is 31.4 Å². The number of hydrogen-bond acceptors (Lipinski definition) is 4. The van der Waals surface area contributed by atoms with Gasteiger partial charge in [-0.2, -0.15) is 0 Å². The van der Waals surface area contributed by atoms with Crippen molar-refractivity contribution in [2.75, 3.05) is 6.61 Å². The van der Waals surface area contributed by atoms with Gasteiger partial charge in [0.2, 0.25) is 0 Å². The molecule has 26 heavy (non-hydrogen) atoms. The Morgan fingerprint density at radius 3 is 2.65 bits per heavy atom. The average molecular weight is 380 g/mol. The van der Waals surface area contributed by atoms with Gasteiger partial charge in [0, 0.05) is 12.5 Å². The lowest BCUT2D eigenvalue weighted by Gasteiger charge is -2.64. The van der Waals surface area contributed by atoms with Crippen molar-refractivity contribution < 1.29 is 14.0 Å². The van der Waals surface area contributed by atoms with Crippen molar-refractivity contribution in [3.05, 3.63) is 35.9 Å². The SMILES string of the molecule is CC1(C)[C@@H]2C[C@H]3OB([C@@H](N)CCOCc4ccccc4)O[C@@]3(C)[C@H]1C2.Cl. The van der Waals surface area contributed by atoms with Gasteiger partial charge in [0.05, 0.1) is 18.3 Å². The van der Waals surface area contributed by atoms with Gasteiger partial charge in [-0.3, -0.25) is 0 Å². The van der Waals surface area contributed by atoms with E-state index in [9.17, 15) is 0 Å². The minimum atomic E-state index is -0.300. The second kappa shape index (κ2) is 7.44. The molecule has 0 aromatic heterocycles. The normalized spacial score (nSPS) is 35.2. The third-order valence-electron chi connectivity index (χ3n) is 7.03. The van der Waals surface area contributed by atoms with Crippen LogP contribution in [-0.2, 0) is 20.7 Å². The molecule has 4 nitrogen and oxygen atoms in total. The Bertz CT molecular complexity index is 616. The quantitative estimate of drug-likeness (QED) is 0.606. The average Bonchev–Trinajstić information content (AvgIpc) is 2.96. The summed E-state index contributed by atoms with van der Waals surface area (Å²) in [5.41, 5.74) is 7.75. The molecule has 3 aliphatic carbocycles. The molecule has 144 valence electrons. The fourth-order valence-electron chi connectivity index (χ4n) is 5.20. The number of hydrogen-bond donors (Lipinski definition) is 1. The topological polar surface area (TPSA) is 53.7 Å². The Labute approximate surface area is 163 Å². The summed E-state index contributed by atoms with van der Waals surface area (Å²) >= 11 is 0. The monoisotopic (exact) mass is 379 g/mol. The molecule has 3 saturated carbocycles. The summed E-state index contributed by atoms with van der Waals surface area (Å²) < 4.78 is 18.4. The standard InChI is InChI=1S/C20H30BNO3.ClH/c1-19(2)15-11-16(19)20(3)17(12-15)24-21(25-20)18(22)9-10-23-13-14-7-5-4-6-8-14;/h4-8,15-18H,9-13,22H2,1-3H3;1H/t15-,16-,17+,18-,20-;/m0./s1. The third-order valence-corrected chi connectivity index (χ3v) is 7.03. The second-order valence-electron chi connectivity index (χ2n) is 8.83. The van der Waals surface area contributed by atoms with Gasteiger partial charge < -0.3 is 19.8 Å². The van der Waals surface area contributed by atoms with E-state index in [1.54, 1.807) is 0 Å². The van der Waals surface area contributed by atoms with Gasteiger partial charge >= 0.3 is 7.12 Å². The van der Waals surface area contributed by atoms with Crippen LogP contribution in [0.25, 0.3) is 0 Å². The highest BCUT2D eigenvalue weighted by Crippen LogP contribution is 2.65. The van der Waals surface area contributed by atoms with Crippen molar-refractivity contribution in [3.8, 4) is 0 Å². The molecule has 2 bridgehead atoms. The smallest absolute Gasteiger partial charge is 0.404 e. The first kappa shape index (κ1) is 20.2. The van der Waals surface area contributed by atoms with Gasteiger partial charge in [-0.15, -0.1) is 12.4 Å². The molecular weight excluding hydrogens is 348 g/mol. The zero-order valence-corrected chi connectivity index (χ0v) is 16.8. The van der Waals surface area contributed by atoms with Crippen LogP contribution in [0.5, 0.6) is 0 Å². The lowest BCUT2D eigenvalue weighted by Crippen LogP contribution is -2.65. The van der Waals surface area contributed by atoms with Crippen LogP contribution in [0, 0.1) is 17.3 Å². The number of benzene rings is 1. The Hall–Kier alpha value is -0.585. The fourth-order valence-corrected chi connectivity index (χ4v) is 5.20. The highest BCUT2D eigenvalue weighted by Gasteiger charge is 2.68. The van der Waals surface area contributed by atoms with Crippen molar-refractivity contribution in [2.45, 2.75) is 64.3 Å². The van der Waals surface area contributed by atoms with Crippen LogP contribution in [0.1, 0.15) is 45.6 Å². The molecule has 0 amide bonds. The van der Waals surface area contributed by atoms with Crippen LogP contribution < -0.4 is 5.73 Å². The minimum Gasteiger partial charge on any atom is -0.404 e. The zero-order chi connectivity index (χ0) is 17.7. The number of rotatable bonds is 6. The maximum Gasteiger partial charge on any atom is 0.475 e. The summed E-state index contributed by atoms with van der Waals surface area (Å²) in [6, 6.07) is 10.2. The molecule has 0 unspecified atom stereocenters. The van der Waals surface area contributed by atoms with Gasteiger partial charge in [0.15, 0.2) is 0 Å². The Morgan fingerprint density at radius 1 is 1.23 bits per heavy atom. The van der Waals surface area contributed by atoms with Gasteiger partial charge in [0.1, 0.15) is 0 Å². The van der Waals surface area contributed by atoms with E-state index in [0.29, 0.717) is 24.5 Å². The molecule has 4 aliphatic rings. The zero-order valence-electron chi connectivity index (χ0n) is 16.0. The number of nitrogens with two attached hydrogens (primary N) is 1. The molecule has 6 heteroatoms. The van der Waals surface area contributed by atoms with Crippen molar-refractivity contribution in [1.29, 1.82) is 0 Å². The van der Waals surface area contributed by atoms with Gasteiger partial charge in [0.25, 0.3) is 0 Å². The van der Waals surface area contributed by atoms with E-state index in [0.717, 1.165) is 18.8 Å². The van der Waals surface area contributed by atoms with Crippen LogP contribution in [0.15, 0.2) is 30.3 Å². The fraction of sp³-hybridized carbons (Fsp3) is 0.700. The van der Waals surface area contributed by atoms with E-state index >= 15 is 0 Å². The molecular formula is C20H31BClNO3. The summed E-state index contributed by atoms with van der Waals surface area (Å²) in [5, 5.41) is 0. The van der Waals surface area contributed by atoms with E-state index in [4.69, 9.17) is 19.8 Å². The van der Waals surface area contributed by atoms with E-state index in [1.165, 1.54) is 12.0 Å². The molecule has 0 spiro atoms. The molecule has 1 aliphatic heterocycles.